The van der Waals surface area contributed by atoms with E-state index in [4.69, 9.17) is 4.74 Å². The van der Waals surface area contributed by atoms with Crippen molar-refractivity contribution in [3.8, 4) is 10.6 Å². The smallest absolute Gasteiger partial charge is 0.322 e. The highest BCUT2D eigenvalue weighted by Crippen LogP contribution is 2.37. The monoisotopic (exact) mass is 451 g/mol. The number of methoxy groups -OCH3 is 1. The van der Waals surface area contributed by atoms with Gasteiger partial charge in [-0.1, -0.05) is 36.4 Å². The number of carbonyl (C=O) groups is 1. The number of nitrogens with zero attached hydrogens (tertiary/aromatic N) is 2. The van der Waals surface area contributed by atoms with Crippen LogP contribution in [-0.2, 0) is 17.8 Å². The fraction of sp³-hybridized carbons (Fsp3) is 0.240. The lowest BCUT2D eigenvalue weighted by Gasteiger charge is -2.24. The van der Waals surface area contributed by atoms with Crippen LogP contribution in [0, 0.1) is 5.82 Å². The van der Waals surface area contributed by atoms with Crippen molar-refractivity contribution in [3.63, 3.8) is 0 Å². The molecule has 32 heavy (non-hydrogen) atoms. The maximum Gasteiger partial charge on any atom is 0.322 e. The van der Waals surface area contributed by atoms with Crippen LogP contribution in [-0.4, -0.2) is 35.8 Å². The molecule has 4 aromatic rings. The Bertz CT molecular complexity index is 1200. The Morgan fingerprint density at radius 1 is 1.12 bits per heavy atom. The minimum absolute atomic E-state index is 0.161. The van der Waals surface area contributed by atoms with Crippen molar-refractivity contribution in [2.45, 2.75) is 20.0 Å². The number of nitrogens with one attached hydrogen (secondary N) is 1. The molecule has 166 valence electrons. The highest BCUT2D eigenvalue weighted by atomic mass is 32.1. The molecule has 2 aromatic carbocycles. The molecule has 0 aliphatic carbocycles. The van der Waals surface area contributed by atoms with Gasteiger partial charge in [-0.05, 0) is 36.6 Å². The minimum atomic E-state index is -0.464. The molecule has 2 heterocycles. The molecule has 0 bridgehead atoms. The topological polar surface area (TPSA) is 46.5 Å². The number of anilines is 1. The summed E-state index contributed by atoms with van der Waals surface area (Å²) in [6.45, 7) is 4.08. The largest absolute Gasteiger partial charge is 0.383 e. The molecule has 0 atom stereocenters. The summed E-state index contributed by atoms with van der Waals surface area (Å²) in [4.78, 5) is 16.0. The van der Waals surface area contributed by atoms with Crippen molar-refractivity contribution >= 4 is 34.0 Å². The third-order valence-electron chi connectivity index (χ3n) is 5.46. The van der Waals surface area contributed by atoms with E-state index in [9.17, 15) is 9.18 Å². The quantitative estimate of drug-likeness (QED) is 0.346. The second-order valence-electron chi connectivity index (χ2n) is 7.39. The van der Waals surface area contributed by atoms with Gasteiger partial charge in [0.1, 0.15) is 5.82 Å². The number of rotatable bonds is 8. The molecule has 0 aliphatic rings. The van der Waals surface area contributed by atoms with E-state index in [1.165, 1.54) is 6.07 Å². The number of thiophene rings is 1. The van der Waals surface area contributed by atoms with Crippen LogP contribution in [0.15, 0.2) is 66.0 Å². The molecule has 4 rings (SSSR count). The number of hydrogen-bond donors (Lipinski definition) is 1. The van der Waals surface area contributed by atoms with Gasteiger partial charge in [-0.15, -0.1) is 11.3 Å². The van der Waals surface area contributed by atoms with E-state index in [1.807, 2.05) is 18.2 Å². The summed E-state index contributed by atoms with van der Waals surface area (Å²) in [5, 5.41) is 5.88. The van der Waals surface area contributed by atoms with E-state index in [1.54, 1.807) is 41.5 Å². The second-order valence-corrected chi connectivity index (χ2v) is 8.34. The molecular formula is C25H26FN3O2S. The first-order valence-electron chi connectivity index (χ1n) is 10.6. The number of amides is 2. The van der Waals surface area contributed by atoms with Crippen molar-refractivity contribution in [3.05, 3.63) is 77.4 Å². The van der Waals surface area contributed by atoms with Gasteiger partial charge in [0.05, 0.1) is 29.4 Å². The third-order valence-corrected chi connectivity index (χ3v) is 6.34. The van der Waals surface area contributed by atoms with Crippen LogP contribution in [0.1, 0.15) is 12.5 Å². The molecule has 7 heteroatoms. The summed E-state index contributed by atoms with van der Waals surface area (Å²) in [6, 6.07) is 18.2. The van der Waals surface area contributed by atoms with Crippen molar-refractivity contribution in [1.82, 2.24) is 9.47 Å². The van der Waals surface area contributed by atoms with E-state index in [0.717, 1.165) is 33.6 Å². The van der Waals surface area contributed by atoms with E-state index in [2.05, 4.69) is 40.4 Å². The summed E-state index contributed by atoms with van der Waals surface area (Å²) in [6.07, 6.45) is 0. The van der Waals surface area contributed by atoms with E-state index in [0.29, 0.717) is 19.7 Å². The van der Waals surface area contributed by atoms with Gasteiger partial charge >= 0.3 is 6.03 Å². The summed E-state index contributed by atoms with van der Waals surface area (Å²) in [5.41, 5.74) is 3.48. The van der Waals surface area contributed by atoms with Gasteiger partial charge in [0.25, 0.3) is 0 Å². The number of carbonyl (C=O) groups excluding carboxylic acids is 1. The lowest BCUT2D eigenvalue weighted by Crippen LogP contribution is -2.37. The van der Waals surface area contributed by atoms with Gasteiger partial charge in [-0.3, -0.25) is 0 Å². The number of aromatic nitrogens is 1. The molecule has 0 saturated heterocycles. The van der Waals surface area contributed by atoms with Crippen LogP contribution in [0.4, 0.5) is 14.9 Å². The Morgan fingerprint density at radius 3 is 2.62 bits per heavy atom. The van der Waals surface area contributed by atoms with E-state index >= 15 is 0 Å². The zero-order chi connectivity index (χ0) is 22.5. The second kappa shape index (κ2) is 9.97. The Hall–Kier alpha value is -3.16. The van der Waals surface area contributed by atoms with Gasteiger partial charge in [-0.25, -0.2) is 9.18 Å². The van der Waals surface area contributed by atoms with Crippen LogP contribution in [0.2, 0.25) is 0 Å². The molecule has 0 unspecified atom stereocenters. The highest BCUT2D eigenvalue weighted by molar-refractivity contribution is 7.13. The van der Waals surface area contributed by atoms with Crippen LogP contribution in [0.5, 0.6) is 0 Å². The fourth-order valence-corrected chi connectivity index (χ4v) is 4.77. The molecular weight excluding hydrogens is 425 g/mol. The third kappa shape index (κ3) is 4.40. The lowest BCUT2D eigenvalue weighted by molar-refractivity contribution is 0.153. The molecule has 2 aromatic heterocycles. The first kappa shape index (κ1) is 22.0. The van der Waals surface area contributed by atoms with Crippen molar-refractivity contribution in [2.75, 3.05) is 25.6 Å². The van der Waals surface area contributed by atoms with Gasteiger partial charge in [-0.2, -0.15) is 0 Å². The number of para-hydroxylation sites is 2. The number of hydrogen-bond acceptors (Lipinski definition) is 3. The summed E-state index contributed by atoms with van der Waals surface area (Å²) >= 11 is 1.68. The summed E-state index contributed by atoms with van der Waals surface area (Å²) in [5.74, 6) is -0.464. The molecule has 0 radical (unpaired) electrons. The first-order chi connectivity index (χ1) is 15.6. The number of ether oxygens (including phenoxy) is 1. The standard InChI is InChI=1S/C25H26FN3O2S/c1-3-29-22-12-7-4-9-18(22)19(24(29)23-13-8-16-32-23)17-28(14-15-31-2)25(30)27-21-11-6-5-10-20(21)26/h4-13,16H,3,14-15,17H2,1-2H3,(H,27,30). The molecule has 1 N–H and O–H groups in total. The van der Waals surface area contributed by atoms with E-state index in [-0.39, 0.29) is 11.7 Å². The zero-order valence-electron chi connectivity index (χ0n) is 18.2. The Morgan fingerprint density at radius 2 is 1.91 bits per heavy atom. The van der Waals surface area contributed by atoms with E-state index < -0.39 is 5.82 Å². The van der Waals surface area contributed by atoms with Gasteiger partial charge in [0.15, 0.2) is 0 Å². The SMILES string of the molecule is CCn1c(-c2cccs2)c(CN(CCOC)C(=O)Nc2ccccc2F)c2ccccc21. The average Bonchev–Trinajstić information content (AvgIpc) is 3.44. The Labute approximate surface area is 191 Å². The van der Waals surface area contributed by atoms with Crippen LogP contribution in [0.25, 0.3) is 21.5 Å². The average molecular weight is 452 g/mol. The number of fused-ring (bicyclic) bond motifs is 1. The zero-order valence-corrected chi connectivity index (χ0v) is 19.0. The van der Waals surface area contributed by atoms with Crippen molar-refractivity contribution < 1.29 is 13.9 Å². The van der Waals surface area contributed by atoms with Crippen LogP contribution < -0.4 is 5.32 Å². The predicted molar refractivity (Wildman–Crippen MR) is 129 cm³/mol. The minimum Gasteiger partial charge on any atom is -0.383 e. The lowest BCUT2D eigenvalue weighted by atomic mass is 10.1. The van der Waals surface area contributed by atoms with Crippen LogP contribution >= 0.6 is 11.3 Å². The molecule has 0 spiro atoms. The maximum absolute atomic E-state index is 14.1. The molecule has 0 saturated carbocycles. The Kier molecular flexibility index (Phi) is 6.87. The van der Waals surface area contributed by atoms with Crippen LogP contribution in [0.3, 0.4) is 0 Å². The summed E-state index contributed by atoms with van der Waals surface area (Å²) < 4.78 is 21.7. The normalized spacial score (nSPS) is 11.1. The molecule has 0 aliphatic heterocycles. The highest BCUT2D eigenvalue weighted by Gasteiger charge is 2.23. The Balaban J connectivity index is 1.75. The number of halogens is 1. The molecule has 0 fully saturated rings. The van der Waals surface area contributed by atoms with Gasteiger partial charge < -0.3 is 19.5 Å². The predicted octanol–water partition coefficient (Wildman–Crippen LogP) is 6.21. The maximum atomic E-state index is 14.1. The number of aryl methyl sites for hydroxylation is 1. The van der Waals surface area contributed by atoms with Crippen molar-refractivity contribution in [1.29, 1.82) is 0 Å². The summed E-state index contributed by atoms with van der Waals surface area (Å²) in [7, 11) is 1.60. The molecule has 2 amide bonds. The first-order valence-corrected chi connectivity index (χ1v) is 11.4. The van der Waals surface area contributed by atoms with Crippen molar-refractivity contribution in [2.24, 2.45) is 0 Å². The molecule has 5 nitrogen and oxygen atoms in total. The van der Waals surface area contributed by atoms with Gasteiger partial charge in [0, 0.05) is 36.7 Å². The fourth-order valence-electron chi connectivity index (χ4n) is 3.96. The number of benzene rings is 2. The number of urea groups is 1. The van der Waals surface area contributed by atoms with Gasteiger partial charge in [0.2, 0.25) is 0 Å².